The molecule has 2 rings (SSSR count). The van der Waals surface area contributed by atoms with Crippen molar-refractivity contribution >= 4 is 11.6 Å². The van der Waals surface area contributed by atoms with Gasteiger partial charge in [0.2, 0.25) is 5.91 Å². The fraction of sp³-hybridized carbons (Fsp3) is 0.357. The summed E-state index contributed by atoms with van der Waals surface area (Å²) in [5.74, 6) is 3.54. The zero-order valence-corrected chi connectivity index (χ0v) is 10.1. The molecule has 3 nitrogen and oxygen atoms in total. The van der Waals surface area contributed by atoms with Crippen molar-refractivity contribution < 1.29 is 9.53 Å². The highest BCUT2D eigenvalue weighted by atomic mass is 16.5. The van der Waals surface area contributed by atoms with Gasteiger partial charge in [0.25, 0.3) is 0 Å². The predicted molar refractivity (Wildman–Crippen MR) is 67.0 cm³/mol. The van der Waals surface area contributed by atoms with E-state index in [2.05, 4.69) is 5.92 Å². The van der Waals surface area contributed by atoms with Crippen LogP contribution in [0.15, 0.2) is 18.2 Å². The van der Waals surface area contributed by atoms with Crippen LogP contribution in [0.1, 0.15) is 12.0 Å². The Hall–Kier alpha value is -1.95. The molecular formula is C14H15NO2. The van der Waals surface area contributed by atoms with E-state index in [1.165, 1.54) is 0 Å². The van der Waals surface area contributed by atoms with E-state index >= 15 is 0 Å². The molecule has 17 heavy (non-hydrogen) atoms. The third kappa shape index (κ3) is 2.12. The van der Waals surface area contributed by atoms with Crippen LogP contribution < -0.4 is 9.64 Å². The van der Waals surface area contributed by atoms with E-state index in [1.807, 2.05) is 25.1 Å². The Balaban J connectivity index is 2.29. The van der Waals surface area contributed by atoms with Crippen LogP contribution >= 0.6 is 0 Å². The summed E-state index contributed by atoms with van der Waals surface area (Å²) in [6.07, 6.45) is 5.80. The number of amides is 1. The number of carbonyl (C=O) groups excluding carboxylic acids is 1. The molecule has 1 saturated heterocycles. The van der Waals surface area contributed by atoms with Crippen molar-refractivity contribution in [1.29, 1.82) is 0 Å². The van der Waals surface area contributed by atoms with Gasteiger partial charge in [0, 0.05) is 30.6 Å². The molecule has 0 saturated carbocycles. The number of nitrogens with zero attached hydrogens (tertiary/aromatic N) is 1. The van der Waals surface area contributed by atoms with Crippen LogP contribution in [0.5, 0.6) is 5.75 Å². The largest absolute Gasteiger partial charge is 0.496 e. The average molecular weight is 229 g/mol. The van der Waals surface area contributed by atoms with Gasteiger partial charge in [0.05, 0.1) is 7.11 Å². The zero-order valence-electron chi connectivity index (χ0n) is 10.1. The van der Waals surface area contributed by atoms with E-state index in [0.29, 0.717) is 13.0 Å². The number of aryl methyl sites for hydroxylation is 1. The SMILES string of the molecule is C#CC1CC(=O)N(c2ccc(C)c(OC)c2)C1. The summed E-state index contributed by atoms with van der Waals surface area (Å²) in [7, 11) is 1.63. The van der Waals surface area contributed by atoms with Crippen molar-refractivity contribution in [3.05, 3.63) is 23.8 Å². The van der Waals surface area contributed by atoms with E-state index in [1.54, 1.807) is 12.0 Å². The van der Waals surface area contributed by atoms with Gasteiger partial charge in [-0.15, -0.1) is 12.3 Å². The van der Waals surface area contributed by atoms with E-state index in [0.717, 1.165) is 17.0 Å². The highest BCUT2D eigenvalue weighted by Crippen LogP contribution is 2.29. The molecule has 3 heteroatoms. The number of carbonyl (C=O) groups is 1. The molecule has 1 fully saturated rings. The van der Waals surface area contributed by atoms with Gasteiger partial charge in [-0.3, -0.25) is 4.79 Å². The van der Waals surface area contributed by atoms with Gasteiger partial charge >= 0.3 is 0 Å². The van der Waals surface area contributed by atoms with E-state index in [9.17, 15) is 4.79 Å². The van der Waals surface area contributed by atoms with Crippen LogP contribution in [0.25, 0.3) is 0 Å². The number of hydrogen-bond donors (Lipinski definition) is 0. The van der Waals surface area contributed by atoms with Crippen molar-refractivity contribution in [2.45, 2.75) is 13.3 Å². The molecule has 1 aliphatic rings. The van der Waals surface area contributed by atoms with Crippen molar-refractivity contribution in [1.82, 2.24) is 0 Å². The standard InChI is InChI=1S/C14H15NO2/c1-4-11-7-14(16)15(9-11)12-6-5-10(2)13(8-12)17-3/h1,5-6,8,11H,7,9H2,2-3H3. The summed E-state index contributed by atoms with van der Waals surface area (Å²) in [4.78, 5) is 13.5. The molecule has 0 aliphatic carbocycles. The molecule has 0 spiro atoms. The Bertz CT molecular complexity index is 487. The smallest absolute Gasteiger partial charge is 0.228 e. The first-order valence-corrected chi connectivity index (χ1v) is 5.57. The monoisotopic (exact) mass is 229 g/mol. The third-order valence-electron chi connectivity index (χ3n) is 3.06. The first kappa shape index (κ1) is 11.5. The lowest BCUT2D eigenvalue weighted by Crippen LogP contribution is -2.24. The van der Waals surface area contributed by atoms with E-state index in [-0.39, 0.29) is 11.8 Å². The van der Waals surface area contributed by atoms with Crippen molar-refractivity contribution in [3.63, 3.8) is 0 Å². The lowest BCUT2D eigenvalue weighted by molar-refractivity contribution is -0.117. The minimum Gasteiger partial charge on any atom is -0.496 e. The Morgan fingerprint density at radius 3 is 2.88 bits per heavy atom. The van der Waals surface area contributed by atoms with Gasteiger partial charge in [-0.2, -0.15) is 0 Å². The molecule has 0 N–H and O–H groups in total. The Morgan fingerprint density at radius 2 is 2.29 bits per heavy atom. The van der Waals surface area contributed by atoms with Crippen LogP contribution in [-0.2, 0) is 4.79 Å². The molecule has 1 aromatic carbocycles. The van der Waals surface area contributed by atoms with Gasteiger partial charge in [-0.05, 0) is 18.6 Å². The first-order valence-electron chi connectivity index (χ1n) is 5.57. The van der Waals surface area contributed by atoms with Crippen molar-refractivity contribution in [2.75, 3.05) is 18.6 Å². The molecule has 0 bridgehead atoms. The lowest BCUT2D eigenvalue weighted by Gasteiger charge is -2.17. The quantitative estimate of drug-likeness (QED) is 0.726. The molecule has 1 atom stereocenters. The van der Waals surface area contributed by atoms with Crippen molar-refractivity contribution in [2.24, 2.45) is 5.92 Å². The Labute approximate surface area is 101 Å². The number of terminal acetylenes is 1. The van der Waals surface area contributed by atoms with Gasteiger partial charge in [-0.1, -0.05) is 6.07 Å². The number of rotatable bonds is 2. The maximum atomic E-state index is 11.8. The summed E-state index contributed by atoms with van der Waals surface area (Å²) < 4.78 is 5.26. The van der Waals surface area contributed by atoms with E-state index < -0.39 is 0 Å². The normalized spacial score (nSPS) is 19.2. The minimum absolute atomic E-state index is 0.0230. The summed E-state index contributed by atoms with van der Waals surface area (Å²) >= 11 is 0. The first-order chi connectivity index (χ1) is 8.15. The van der Waals surface area contributed by atoms with Gasteiger partial charge in [-0.25, -0.2) is 0 Å². The third-order valence-corrected chi connectivity index (χ3v) is 3.06. The number of benzene rings is 1. The number of methoxy groups -OCH3 is 1. The average Bonchev–Trinajstić information content (AvgIpc) is 2.71. The summed E-state index contributed by atoms with van der Waals surface area (Å²) in [6, 6.07) is 5.76. The summed E-state index contributed by atoms with van der Waals surface area (Å²) in [5.41, 5.74) is 1.91. The second-order valence-electron chi connectivity index (χ2n) is 4.23. The topological polar surface area (TPSA) is 29.5 Å². The predicted octanol–water partition coefficient (Wildman–Crippen LogP) is 1.99. The molecule has 0 aromatic heterocycles. The van der Waals surface area contributed by atoms with Crippen molar-refractivity contribution in [3.8, 4) is 18.1 Å². The maximum absolute atomic E-state index is 11.8. The van der Waals surface area contributed by atoms with Crippen LogP contribution in [0.2, 0.25) is 0 Å². The molecule has 88 valence electrons. The van der Waals surface area contributed by atoms with Crippen LogP contribution in [0.3, 0.4) is 0 Å². The number of anilines is 1. The second-order valence-corrected chi connectivity index (χ2v) is 4.23. The molecule has 1 aliphatic heterocycles. The molecule has 1 unspecified atom stereocenters. The van der Waals surface area contributed by atoms with Crippen LogP contribution in [0, 0.1) is 25.2 Å². The molecular weight excluding hydrogens is 214 g/mol. The van der Waals surface area contributed by atoms with Crippen LogP contribution in [-0.4, -0.2) is 19.6 Å². The molecule has 1 aromatic rings. The maximum Gasteiger partial charge on any atom is 0.228 e. The Kier molecular flexibility index (Phi) is 3.06. The molecule has 0 radical (unpaired) electrons. The number of ether oxygens (including phenoxy) is 1. The molecule has 1 amide bonds. The Morgan fingerprint density at radius 1 is 1.53 bits per heavy atom. The van der Waals surface area contributed by atoms with Gasteiger partial charge < -0.3 is 9.64 Å². The molecule has 1 heterocycles. The minimum atomic E-state index is 0.0230. The number of hydrogen-bond acceptors (Lipinski definition) is 2. The highest BCUT2D eigenvalue weighted by molar-refractivity contribution is 5.96. The lowest BCUT2D eigenvalue weighted by atomic mass is 10.1. The van der Waals surface area contributed by atoms with Crippen LogP contribution in [0.4, 0.5) is 5.69 Å². The zero-order chi connectivity index (χ0) is 12.4. The van der Waals surface area contributed by atoms with Gasteiger partial charge in [0.1, 0.15) is 5.75 Å². The van der Waals surface area contributed by atoms with Gasteiger partial charge in [0.15, 0.2) is 0 Å². The fourth-order valence-electron chi connectivity index (χ4n) is 2.05. The fourth-order valence-corrected chi connectivity index (χ4v) is 2.05. The second kappa shape index (κ2) is 4.50. The van der Waals surface area contributed by atoms with E-state index in [4.69, 9.17) is 11.2 Å². The summed E-state index contributed by atoms with van der Waals surface area (Å²) in [5, 5.41) is 0. The highest BCUT2D eigenvalue weighted by Gasteiger charge is 2.29. The summed E-state index contributed by atoms with van der Waals surface area (Å²) in [6.45, 7) is 2.57.